The van der Waals surface area contributed by atoms with Gasteiger partial charge in [-0.3, -0.25) is 34.2 Å². The van der Waals surface area contributed by atoms with Gasteiger partial charge < -0.3 is 31.6 Å². The molecular weight excluding hydrogens is 711 g/mol. The van der Waals surface area contributed by atoms with E-state index in [1.165, 1.54) is 35.1 Å². The summed E-state index contributed by atoms with van der Waals surface area (Å²) in [5.41, 5.74) is 11.5. The lowest BCUT2D eigenvalue weighted by atomic mass is 9.86. The van der Waals surface area contributed by atoms with Gasteiger partial charge in [-0.25, -0.2) is 4.85 Å². The number of nitrogens with two attached hydrogens (primary N) is 2. The van der Waals surface area contributed by atoms with Gasteiger partial charge in [-0.15, -0.1) is 22.7 Å². The first-order chi connectivity index (χ1) is 24.1. The number of rotatable bonds is 7. The number of nitrogens with zero attached hydrogens (tertiary/aromatic N) is 3. The normalized spacial score (nSPS) is 17.3. The molecule has 6 rings (SSSR count). The first-order valence-corrected chi connectivity index (χ1v) is 17.6. The zero-order valence-corrected chi connectivity index (χ0v) is 31.4. The highest BCUT2D eigenvalue weighted by molar-refractivity contribution is 7.17. The van der Waals surface area contributed by atoms with Crippen LogP contribution >= 0.6 is 22.7 Å². The number of aldehydes is 1. The summed E-state index contributed by atoms with van der Waals surface area (Å²) >= 11 is 2.52. The van der Waals surface area contributed by atoms with Gasteiger partial charge in [0, 0.05) is 22.6 Å². The number of aromatic nitrogens is 4. The number of nitrogens with one attached hydrogen (secondary N) is 4. The molecule has 274 valence electrons. The molecule has 0 spiro atoms. The van der Waals surface area contributed by atoms with Crippen LogP contribution in [0, 0.1) is 6.57 Å². The van der Waals surface area contributed by atoms with Gasteiger partial charge in [0.2, 0.25) is 5.69 Å². The second kappa shape index (κ2) is 13.4. The van der Waals surface area contributed by atoms with Crippen LogP contribution in [-0.2, 0) is 33.5 Å². The summed E-state index contributed by atoms with van der Waals surface area (Å²) in [6.45, 7) is 22.5. The molecule has 2 aliphatic heterocycles. The highest BCUT2D eigenvalue weighted by Gasteiger charge is 2.44. The first-order valence-electron chi connectivity index (χ1n) is 16.0. The minimum atomic E-state index is -0.628. The van der Waals surface area contributed by atoms with E-state index in [1.54, 1.807) is 0 Å². The maximum Gasteiger partial charge on any atom is 0.275 e. The highest BCUT2D eigenvalue weighted by Crippen LogP contribution is 2.49. The van der Waals surface area contributed by atoms with Crippen LogP contribution in [0.2, 0.25) is 0 Å². The standard InChI is InChI=1S/C17H19N5O3S.C17H20N4O4S/c1-16(2)6-8-10(13(18)23)15(26-12(8)17(3,4)25-16)21-14(24)11-9(19-5)7-20-22-11;1-16(2)5-9-10(13(18)23)15(26-12(9)17(3,4)25-16)20-14(24)11-8(7-22)6-19-21-11/h7H,6H2,1-4H3,(H2,18,23)(H,20,22)(H,21,24);6-7H,5H2,1-4H3,(H2,18,23)(H,19,21)(H,20,24). The first kappa shape index (κ1) is 38.0. The fraction of sp³-hybridized carbons (Fsp3) is 0.412. The third-order valence-electron chi connectivity index (χ3n) is 8.31. The fourth-order valence-corrected chi connectivity index (χ4v) is 9.28. The van der Waals surface area contributed by atoms with Crippen LogP contribution < -0.4 is 22.1 Å². The molecule has 2 aliphatic rings. The lowest BCUT2D eigenvalue weighted by Gasteiger charge is -2.41. The van der Waals surface area contributed by atoms with Gasteiger partial charge in [0.05, 0.1) is 58.1 Å². The quantitative estimate of drug-likeness (QED) is 0.108. The van der Waals surface area contributed by atoms with Crippen molar-refractivity contribution in [3.8, 4) is 0 Å². The molecule has 52 heavy (non-hydrogen) atoms. The van der Waals surface area contributed by atoms with Crippen molar-refractivity contribution in [1.82, 2.24) is 20.4 Å². The maximum atomic E-state index is 12.5. The zero-order valence-electron chi connectivity index (χ0n) is 29.8. The van der Waals surface area contributed by atoms with Gasteiger partial charge in [-0.2, -0.15) is 10.2 Å². The third kappa shape index (κ3) is 7.25. The van der Waals surface area contributed by atoms with Crippen LogP contribution in [0.5, 0.6) is 0 Å². The van der Waals surface area contributed by atoms with Crippen molar-refractivity contribution < 1.29 is 33.4 Å². The van der Waals surface area contributed by atoms with E-state index in [0.717, 1.165) is 20.9 Å². The summed E-state index contributed by atoms with van der Waals surface area (Å²) < 4.78 is 12.3. The predicted molar refractivity (Wildman–Crippen MR) is 194 cm³/mol. The Morgan fingerprint density at radius 3 is 1.63 bits per heavy atom. The predicted octanol–water partition coefficient (Wildman–Crippen LogP) is 5.18. The number of amides is 4. The van der Waals surface area contributed by atoms with E-state index in [9.17, 15) is 24.0 Å². The van der Waals surface area contributed by atoms with Crippen molar-refractivity contribution in [2.45, 2.75) is 90.6 Å². The number of carbonyl (C=O) groups excluding carboxylic acids is 5. The molecule has 4 aromatic rings. The average Bonchev–Trinajstić information content (AvgIpc) is 3.80. The van der Waals surface area contributed by atoms with E-state index in [-0.39, 0.29) is 28.2 Å². The van der Waals surface area contributed by atoms with Gasteiger partial charge in [0.15, 0.2) is 6.29 Å². The van der Waals surface area contributed by atoms with Crippen molar-refractivity contribution in [3.63, 3.8) is 0 Å². The number of thiophene rings is 2. The van der Waals surface area contributed by atoms with Crippen LogP contribution in [0.25, 0.3) is 4.85 Å². The lowest BCUT2D eigenvalue weighted by molar-refractivity contribution is -0.136. The van der Waals surface area contributed by atoms with E-state index >= 15 is 0 Å². The SMILES string of the molecule is CC1(C)Cc2c(sc(NC(=O)c3[nH]ncc3C=O)c2C(N)=O)C(C)(C)O1.[C-]#[N+]c1cn[nH]c1C(=O)Nc1sc2c(c1C(N)=O)CC(C)(C)OC2(C)C. The van der Waals surface area contributed by atoms with Gasteiger partial charge in [-0.1, -0.05) is 0 Å². The Balaban J connectivity index is 0.000000201. The zero-order chi connectivity index (χ0) is 38.6. The summed E-state index contributed by atoms with van der Waals surface area (Å²) in [6, 6.07) is 0. The topological polar surface area (TPSA) is 242 Å². The summed E-state index contributed by atoms with van der Waals surface area (Å²) in [7, 11) is 0. The summed E-state index contributed by atoms with van der Waals surface area (Å²) in [6.07, 6.45) is 4.08. The van der Waals surface area contributed by atoms with Gasteiger partial charge in [-0.05, 0) is 66.5 Å². The largest absolute Gasteiger partial charge is 0.365 e. The van der Waals surface area contributed by atoms with Crippen LogP contribution in [0.15, 0.2) is 12.4 Å². The molecule has 4 aromatic heterocycles. The fourth-order valence-electron chi connectivity index (χ4n) is 6.77. The number of anilines is 2. The molecule has 0 unspecified atom stereocenters. The smallest absolute Gasteiger partial charge is 0.275 e. The van der Waals surface area contributed by atoms with Gasteiger partial charge in [0.25, 0.3) is 23.6 Å². The molecular formula is C34H39N9O7S2. The second-order valence-corrected chi connectivity index (χ2v) is 16.6. The number of carbonyl (C=O) groups is 5. The van der Waals surface area contributed by atoms with Crippen LogP contribution in [0.1, 0.15) is 128 Å². The molecule has 8 N–H and O–H groups in total. The Labute approximate surface area is 306 Å². The number of hydrogen-bond acceptors (Lipinski definition) is 11. The Hall–Kier alpha value is -5.22. The van der Waals surface area contributed by atoms with E-state index in [0.29, 0.717) is 34.7 Å². The summed E-state index contributed by atoms with van der Waals surface area (Å²) in [5, 5.41) is 18.5. The summed E-state index contributed by atoms with van der Waals surface area (Å²) in [4.78, 5) is 65.3. The Morgan fingerprint density at radius 2 is 1.21 bits per heavy atom. The van der Waals surface area contributed by atoms with E-state index in [1.807, 2.05) is 55.4 Å². The number of primary amides is 2. The second-order valence-electron chi connectivity index (χ2n) is 14.5. The third-order valence-corrected chi connectivity index (χ3v) is 11.2. The van der Waals surface area contributed by atoms with Crippen molar-refractivity contribution in [2.24, 2.45) is 11.5 Å². The Kier molecular flexibility index (Phi) is 9.80. The van der Waals surface area contributed by atoms with Crippen molar-refractivity contribution in [2.75, 3.05) is 10.6 Å². The molecule has 4 amide bonds. The molecule has 0 atom stereocenters. The van der Waals surface area contributed by atoms with Gasteiger partial charge >= 0.3 is 0 Å². The average molecular weight is 750 g/mol. The van der Waals surface area contributed by atoms with Crippen molar-refractivity contribution in [3.05, 3.63) is 72.8 Å². The highest BCUT2D eigenvalue weighted by atomic mass is 32.1. The minimum absolute atomic E-state index is 0.0256. The van der Waals surface area contributed by atoms with E-state index in [4.69, 9.17) is 27.5 Å². The number of ether oxygens (including phenoxy) is 2. The molecule has 0 bridgehead atoms. The molecule has 18 heteroatoms. The van der Waals surface area contributed by atoms with Crippen molar-refractivity contribution >= 4 is 68.3 Å². The molecule has 0 fully saturated rings. The van der Waals surface area contributed by atoms with E-state index in [2.05, 4.69) is 35.9 Å². The van der Waals surface area contributed by atoms with Gasteiger partial charge in [0.1, 0.15) is 21.4 Å². The molecule has 6 heterocycles. The number of aromatic amines is 2. The molecule has 0 saturated carbocycles. The summed E-state index contributed by atoms with van der Waals surface area (Å²) in [5.74, 6) is -2.34. The minimum Gasteiger partial charge on any atom is -0.365 e. The maximum absolute atomic E-state index is 12.5. The molecule has 16 nitrogen and oxygen atoms in total. The lowest BCUT2D eigenvalue weighted by Crippen LogP contribution is -2.42. The van der Waals surface area contributed by atoms with Crippen LogP contribution in [0.3, 0.4) is 0 Å². The van der Waals surface area contributed by atoms with Crippen LogP contribution in [0.4, 0.5) is 15.7 Å². The molecule has 0 aliphatic carbocycles. The Bertz CT molecular complexity index is 2160. The molecule has 0 radical (unpaired) electrons. The molecule has 0 saturated heterocycles. The number of fused-ring (bicyclic) bond motifs is 2. The molecule has 0 aromatic carbocycles. The number of hydrogen-bond donors (Lipinski definition) is 6. The van der Waals surface area contributed by atoms with E-state index < -0.39 is 46.0 Å². The number of H-pyrrole nitrogens is 2. The van der Waals surface area contributed by atoms with Crippen molar-refractivity contribution in [1.29, 1.82) is 0 Å². The van der Waals surface area contributed by atoms with Crippen LogP contribution in [-0.4, -0.2) is 61.5 Å². The Morgan fingerprint density at radius 1 is 0.788 bits per heavy atom. The monoisotopic (exact) mass is 749 g/mol.